The van der Waals surface area contributed by atoms with Crippen molar-refractivity contribution in [1.82, 2.24) is 4.98 Å². The molecule has 0 N–H and O–H groups in total. The van der Waals surface area contributed by atoms with Crippen molar-refractivity contribution in [2.24, 2.45) is 0 Å². The molecule has 0 atom stereocenters. The maximum Gasteiger partial charge on any atom is 0.387 e. The second-order valence-electron chi connectivity index (χ2n) is 5.09. The third-order valence-corrected chi connectivity index (χ3v) is 3.50. The van der Waals surface area contributed by atoms with Gasteiger partial charge in [0.15, 0.2) is 0 Å². The monoisotopic (exact) mass is 342 g/mol. The topological polar surface area (TPSA) is 65.3 Å². The number of nitro benzene ring substituents is 1. The summed E-state index contributed by atoms with van der Waals surface area (Å²) in [6, 6.07) is 14.3. The molecule has 0 aliphatic carbocycles. The van der Waals surface area contributed by atoms with Crippen molar-refractivity contribution in [3.05, 3.63) is 76.0 Å². The molecule has 5 nitrogen and oxygen atoms in total. The van der Waals surface area contributed by atoms with E-state index in [1.54, 1.807) is 54.6 Å². The average Bonchev–Trinajstić information content (AvgIpc) is 2.59. The summed E-state index contributed by atoms with van der Waals surface area (Å²) in [7, 11) is 0. The van der Waals surface area contributed by atoms with Crippen molar-refractivity contribution in [3.8, 4) is 5.75 Å². The van der Waals surface area contributed by atoms with Gasteiger partial charge in [0.1, 0.15) is 5.75 Å². The first-order valence-corrected chi connectivity index (χ1v) is 7.30. The molecule has 0 aliphatic rings. The van der Waals surface area contributed by atoms with E-state index in [0.29, 0.717) is 22.2 Å². The molecule has 0 unspecified atom stereocenters. The largest absolute Gasteiger partial charge is 0.434 e. The number of halogens is 2. The predicted molar refractivity (Wildman–Crippen MR) is 90.4 cm³/mol. The van der Waals surface area contributed by atoms with Gasteiger partial charge >= 0.3 is 6.61 Å². The number of ether oxygens (including phenoxy) is 1. The molecule has 0 saturated heterocycles. The minimum Gasteiger partial charge on any atom is -0.434 e. The Morgan fingerprint density at radius 3 is 2.60 bits per heavy atom. The minimum absolute atomic E-state index is 0.0174. The molecule has 7 heteroatoms. The van der Waals surface area contributed by atoms with Crippen LogP contribution in [0, 0.1) is 10.1 Å². The van der Waals surface area contributed by atoms with E-state index < -0.39 is 11.5 Å². The standard InChI is InChI=1S/C18H12F2N2O3/c19-18(20)25-17-7-2-1-4-12(17)8-9-13-10-11-14-15(21-13)5-3-6-16(14)22(23)24/h1-11,18H. The first-order valence-electron chi connectivity index (χ1n) is 7.30. The van der Waals surface area contributed by atoms with Crippen LogP contribution in [-0.4, -0.2) is 16.5 Å². The highest BCUT2D eigenvalue weighted by molar-refractivity contribution is 5.89. The minimum atomic E-state index is -2.91. The van der Waals surface area contributed by atoms with E-state index in [2.05, 4.69) is 9.72 Å². The molecule has 1 heterocycles. The molecule has 0 fully saturated rings. The van der Waals surface area contributed by atoms with Crippen LogP contribution in [-0.2, 0) is 0 Å². The second-order valence-corrected chi connectivity index (χ2v) is 5.09. The lowest BCUT2D eigenvalue weighted by molar-refractivity contribution is -0.383. The zero-order chi connectivity index (χ0) is 17.8. The van der Waals surface area contributed by atoms with Crippen LogP contribution < -0.4 is 4.74 Å². The van der Waals surface area contributed by atoms with Gasteiger partial charge in [0, 0.05) is 11.6 Å². The fourth-order valence-electron chi connectivity index (χ4n) is 2.40. The van der Waals surface area contributed by atoms with Crippen LogP contribution in [0.25, 0.3) is 23.1 Å². The Bertz CT molecular complexity index is 958. The van der Waals surface area contributed by atoms with Gasteiger partial charge in [0.2, 0.25) is 0 Å². The zero-order valence-corrected chi connectivity index (χ0v) is 12.8. The number of non-ortho nitro benzene ring substituents is 1. The zero-order valence-electron chi connectivity index (χ0n) is 12.8. The number of aromatic nitrogens is 1. The van der Waals surface area contributed by atoms with Gasteiger partial charge in [-0.25, -0.2) is 4.98 Å². The summed E-state index contributed by atoms with van der Waals surface area (Å²) in [5, 5.41) is 11.5. The van der Waals surface area contributed by atoms with Gasteiger partial charge in [-0.1, -0.05) is 24.3 Å². The first kappa shape index (κ1) is 16.5. The van der Waals surface area contributed by atoms with Crippen LogP contribution in [0.1, 0.15) is 11.3 Å². The van der Waals surface area contributed by atoms with Gasteiger partial charge in [0.25, 0.3) is 5.69 Å². The quantitative estimate of drug-likeness (QED) is 0.488. The van der Waals surface area contributed by atoms with E-state index in [9.17, 15) is 18.9 Å². The van der Waals surface area contributed by atoms with E-state index in [-0.39, 0.29) is 11.4 Å². The Balaban J connectivity index is 1.94. The molecule has 1 aromatic heterocycles. The lowest BCUT2D eigenvalue weighted by Crippen LogP contribution is -2.02. The Morgan fingerprint density at radius 2 is 1.84 bits per heavy atom. The summed E-state index contributed by atoms with van der Waals surface area (Å²) in [4.78, 5) is 14.9. The summed E-state index contributed by atoms with van der Waals surface area (Å²) < 4.78 is 29.3. The van der Waals surface area contributed by atoms with E-state index in [1.165, 1.54) is 12.1 Å². The lowest BCUT2D eigenvalue weighted by atomic mass is 10.1. The van der Waals surface area contributed by atoms with E-state index in [0.717, 1.165) is 0 Å². The number of para-hydroxylation sites is 1. The number of nitrogens with zero attached hydrogens (tertiary/aromatic N) is 2. The molecule has 25 heavy (non-hydrogen) atoms. The third kappa shape index (κ3) is 3.77. The van der Waals surface area contributed by atoms with E-state index >= 15 is 0 Å². The number of fused-ring (bicyclic) bond motifs is 1. The maximum atomic E-state index is 12.4. The van der Waals surface area contributed by atoms with Crippen LogP contribution in [0.4, 0.5) is 14.5 Å². The number of alkyl halides is 2. The van der Waals surface area contributed by atoms with Gasteiger partial charge in [-0.05, 0) is 36.4 Å². The molecule has 0 amide bonds. The van der Waals surface area contributed by atoms with Crippen LogP contribution in [0.2, 0.25) is 0 Å². The molecule has 3 aromatic rings. The molecule has 0 radical (unpaired) electrons. The van der Waals surface area contributed by atoms with Crippen molar-refractivity contribution in [3.63, 3.8) is 0 Å². The number of nitro groups is 1. The SMILES string of the molecule is O=[N+]([O-])c1cccc2nc(C=Cc3ccccc3OC(F)F)ccc12. The van der Waals surface area contributed by atoms with Gasteiger partial charge < -0.3 is 4.74 Å². The van der Waals surface area contributed by atoms with Crippen LogP contribution in [0.5, 0.6) is 5.75 Å². The van der Waals surface area contributed by atoms with Crippen LogP contribution in [0.15, 0.2) is 54.6 Å². The summed E-state index contributed by atoms with van der Waals surface area (Å²) in [6.07, 6.45) is 3.23. The molecule has 0 spiro atoms. The van der Waals surface area contributed by atoms with Crippen molar-refractivity contribution in [1.29, 1.82) is 0 Å². The molecular formula is C18H12F2N2O3. The predicted octanol–water partition coefficient (Wildman–Crippen LogP) is 4.91. The molecule has 126 valence electrons. The highest BCUT2D eigenvalue weighted by atomic mass is 19.3. The smallest absolute Gasteiger partial charge is 0.387 e. The normalized spacial score (nSPS) is 11.3. The van der Waals surface area contributed by atoms with Gasteiger partial charge in [0.05, 0.1) is 21.5 Å². The summed E-state index contributed by atoms with van der Waals surface area (Å²) in [5.74, 6) is 0.0603. The molecule has 0 bridgehead atoms. The number of pyridine rings is 1. The number of hydrogen-bond donors (Lipinski definition) is 0. The van der Waals surface area contributed by atoms with E-state index in [1.807, 2.05) is 0 Å². The van der Waals surface area contributed by atoms with Gasteiger partial charge in [-0.2, -0.15) is 8.78 Å². The Labute approximate surface area is 141 Å². The second kappa shape index (κ2) is 7.04. The fraction of sp³-hybridized carbons (Fsp3) is 0.0556. The number of hydrogen-bond acceptors (Lipinski definition) is 4. The molecule has 3 rings (SSSR count). The van der Waals surface area contributed by atoms with Gasteiger partial charge in [-0.15, -0.1) is 0 Å². The molecule has 0 saturated carbocycles. The third-order valence-electron chi connectivity index (χ3n) is 3.50. The fourth-order valence-corrected chi connectivity index (χ4v) is 2.40. The molecule has 0 aliphatic heterocycles. The van der Waals surface area contributed by atoms with Crippen molar-refractivity contribution < 1.29 is 18.4 Å². The highest BCUT2D eigenvalue weighted by Gasteiger charge is 2.11. The summed E-state index contributed by atoms with van der Waals surface area (Å²) in [5.41, 5.74) is 1.48. The molecule has 2 aromatic carbocycles. The van der Waals surface area contributed by atoms with E-state index in [4.69, 9.17) is 0 Å². The lowest BCUT2D eigenvalue weighted by Gasteiger charge is -2.07. The highest BCUT2D eigenvalue weighted by Crippen LogP contribution is 2.25. The first-order chi connectivity index (χ1) is 12.0. The van der Waals surface area contributed by atoms with Crippen LogP contribution >= 0.6 is 0 Å². The van der Waals surface area contributed by atoms with Crippen molar-refractivity contribution in [2.45, 2.75) is 6.61 Å². The number of rotatable bonds is 5. The Kier molecular flexibility index (Phi) is 4.65. The summed E-state index contributed by atoms with van der Waals surface area (Å²) >= 11 is 0. The Morgan fingerprint density at radius 1 is 1.04 bits per heavy atom. The average molecular weight is 342 g/mol. The van der Waals surface area contributed by atoms with Crippen molar-refractivity contribution in [2.75, 3.05) is 0 Å². The number of benzene rings is 2. The van der Waals surface area contributed by atoms with Crippen molar-refractivity contribution >= 4 is 28.7 Å². The maximum absolute atomic E-state index is 12.4. The summed E-state index contributed by atoms with van der Waals surface area (Å²) in [6.45, 7) is -2.91. The van der Waals surface area contributed by atoms with Crippen LogP contribution in [0.3, 0.4) is 0 Å². The Hall–Kier alpha value is -3.35. The molecular weight excluding hydrogens is 330 g/mol. The van der Waals surface area contributed by atoms with Gasteiger partial charge in [-0.3, -0.25) is 10.1 Å².